The third kappa shape index (κ3) is 3.98. The van der Waals surface area contributed by atoms with Gasteiger partial charge >= 0.3 is 0 Å². The monoisotopic (exact) mass is 234 g/mol. The van der Waals surface area contributed by atoms with Gasteiger partial charge in [0, 0.05) is 18.0 Å². The van der Waals surface area contributed by atoms with Crippen LogP contribution in [0.1, 0.15) is 33.3 Å². The summed E-state index contributed by atoms with van der Waals surface area (Å²) < 4.78 is 0. The Morgan fingerprint density at radius 2 is 2.00 bits per heavy atom. The number of nitrogens with zero attached hydrogens (tertiary/aromatic N) is 1. The van der Waals surface area contributed by atoms with Crippen molar-refractivity contribution in [1.29, 1.82) is 0 Å². The minimum Gasteiger partial charge on any atom is -0.324 e. The average Bonchev–Trinajstić information content (AvgIpc) is 2.18. The number of carbonyl (C=O) groups excluding carboxylic acids is 2. The molecule has 0 saturated heterocycles. The Morgan fingerprint density at radius 1 is 1.35 bits per heavy atom. The van der Waals surface area contributed by atoms with E-state index in [1.54, 1.807) is 18.5 Å². The van der Waals surface area contributed by atoms with Crippen molar-refractivity contribution < 1.29 is 9.59 Å². The molecule has 0 aromatic carbocycles. The molecule has 4 nitrogen and oxygen atoms in total. The highest BCUT2D eigenvalue weighted by atomic mass is 16.2. The Balaban J connectivity index is 2.91. The fourth-order valence-corrected chi connectivity index (χ4v) is 1.27. The van der Waals surface area contributed by atoms with E-state index in [0.29, 0.717) is 12.1 Å². The number of amides is 1. The zero-order valence-corrected chi connectivity index (χ0v) is 10.7. The Hall–Kier alpha value is -1.71. The second-order valence-corrected chi connectivity index (χ2v) is 5.12. The summed E-state index contributed by atoms with van der Waals surface area (Å²) in [5, 5.41) is 2.80. The largest absolute Gasteiger partial charge is 0.324 e. The molecule has 0 spiro atoms. The number of rotatable bonds is 3. The number of carbonyl (C=O) groups is 2. The lowest BCUT2D eigenvalue weighted by Gasteiger charge is -2.18. The molecular weight excluding hydrogens is 216 g/mol. The van der Waals surface area contributed by atoms with E-state index in [1.807, 2.05) is 20.8 Å². The normalized spacial score (nSPS) is 11.1. The van der Waals surface area contributed by atoms with Crippen LogP contribution in [0.5, 0.6) is 0 Å². The first-order valence-electron chi connectivity index (χ1n) is 5.54. The Morgan fingerprint density at radius 3 is 2.53 bits per heavy atom. The third-order valence-electron chi connectivity index (χ3n) is 2.28. The van der Waals surface area contributed by atoms with Crippen LogP contribution < -0.4 is 5.32 Å². The molecule has 1 N–H and O–H groups in total. The second-order valence-electron chi connectivity index (χ2n) is 5.12. The Labute approximate surface area is 101 Å². The smallest absolute Gasteiger partial charge is 0.229 e. The molecule has 1 amide bonds. The van der Waals surface area contributed by atoms with Gasteiger partial charge in [-0.1, -0.05) is 20.8 Å². The van der Waals surface area contributed by atoms with Crippen molar-refractivity contribution in [3.05, 3.63) is 24.0 Å². The predicted molar refractivity (Wildman–Crippen MR) is 66.7 cm³/mol. The molecule has 1 aromatic rings. The van der Waals surface area contributed by atoms with Gasteiger partial charge in [0.05, 0.1) is 11.9 Å². The van der Waals surface area contributed by atoms with E-state index in [4.69, 9.17) is 0 Å². The minimum atomic E-state index is -0.469. The standard InChI is InChI=1S/C13H18N2O2/c1-9(16)7-10-5-6-14-8-11(10)15-12(17)13(2,3)4/h5-6,8H,7H2,1-4H3,(H,15,17). The highest BCUT2D eigenvalue weighted by Crippen LogP contribution is 2.20. The van der Waals surface area contributed by atoms with E-state index in [1.165, 1.54) is 6.92 Å². The number of Topliss-reactive ketones (excluding diaryl/α,β-unsaturated/α-hetero) is 1. The zero-order chi connectivity index (χ0) is 13.1. The Kier molecular flexibility index (Phi) is 3.99. The summed E-state index contributed by atoms with van der Waals surface area (Å²) in [6.45, 7) is 7.03. The number of ketones is 1. The molecule has 0 saturated carbocycles. The van der Waals surface area contributed by atoms with Crippen molar-refractivity contribution in [2.45, 2.75) is 34.1 Å². The fourth-order valence-electron chi connectivity index (χ4n) is 1.27. The topological polar surface area (TPSA) is 59.1 Å². The van der Waals surface area contributed by atoms with Crippen molar-refractivity contribution in [2.24, 2.45) is 5.41 Å². The van der Waals surface area contributed by atoms with Crippen LogP contribution in [-0.4, -0.2) is 16.7 Å². The van der Waals surface area contributed by atoms with Crippen molar-refractivity contribution in [1.82, 2.24) is 4.98 Å². The van der Waals surface area contributed by atoms with Crippen LogP contribution in [0.3, 0.4) is 0 Å². The summed E-state index contributed by atoms with van der Waals surface area (Å²) in [5.74, 6) is -0.0299. The van der Waals surface area contributed by atoms with Gasteiger partial charge in [-0.05, 0) is 18.6 Å². The summed E-state index contributed by atoms with van der Waals surface area (Å²) in [6.07, 6.45) is 3.50. The van der Waals surface area contributed by atoms with Crippen LogP contribution in [0.2, 0.25) is 0 Å². The van der Waals surface area contributed by atoms with Crippen LogP contribution in [0.15, 0.2) is 18.5 Å². The minimum absolute atomic E-state index is 0.0578. The number of anilines is 1. The molecule has 4 heteroatoms. The van der Waals surface area contributed by atoms with Crippen LogP contribution >= 0.6 is 0 Å². The van der Waals surface area contributed by atoms with E-state index >= 15 is 0 Å². The molecule has 1 aromatic heterocycles. The van der Waals surface area contributed by atoms with E-state index in [0.717, 1.165) is 5.56 Å². The molecule has 0 fully saturated rings. The van der Waals surface area contributed by atoms with Crippen molar-refractivity contribution in [3.8, 4) is 0 Å². The molecule has 0 aliphatic heterocycles. The number of pyridine rings is 1. The Bertz CT molecular complexity index is 433. The molecular formula is C13H18N2O2. The summed E-state index contributed by atoms with van der Waals surface area (Å²) in [7, 11) is 0. The number of hydrogen-bond acceptors (Lipinski definition) is 3. The molecule has 0 aliphatic carbocycles. The van der Waals surface area contributed by atoms with Crippen LogP contribution in [0, 0.1) is 5.41 Å². The predicted octanol–water partition coefficient (Wildman–Crippen LogP) is 2.20. The van der Waals surface area contributed by atoms with Crippen molar-refractivity contribution in [3.63, 3.8) is 0 Å². The van der Waals surface area contributed by atoms with Gasteiger partial charge in [0.2, 0.25) is 5.91 Å². The van der Waals surface area contributed by atoms with E-state index in [2.05, 4.69) is 10.3 Å². The summed E-state index contributed by atoms with van der Waals surface area (Å²) in [4.78, 5) is 26.9. The molecule has 0 bridgehead atoms. The molecule has 0 aliphatic rings. The van der Waals surface area contributed by atoms with Gasteiger partial charge < -0.3 is 5.32 Å². The molecule has 1 heterocycles. The summed E-state index contributed by atoms with van der Waals surface area (Å²) >= 11 is 0. The number of nitrogens with one attached hydrogen (secondary N) is 1. The lowest BCUT2D eigenvalue weighted by atomic mass is 9.95. The van der Waals surface area contributed by atoms with Gasteiger partial charge in [-0.3, -0.25) is 14.6 Å². The molecule has 1 rings (SSSR count). The van der Waals surface area contributed by atoms with Gasteiger partial charge in [0.15, 0.2) is 0 Å². The van der Waals surface area contributed by atoms with Gasteiger partial charge in [0.25, 0.3) is 0 Å². The van der Waals surface area contributed by atoms with Crippen molar-refractivity contribution >= 4 is 17.4 Å². The summed E-state index contributed by atoms with van der Waals surface area (Å²) in [5.41, 5.74) is 0.941. The van der Waals surface area contributed by atoms with E-state index in [9.17, 15) is 9.59 Å². The maximum absolute atomic E-state index is 11.8. The lowest BCUT2D eigenvalue weighted by molar-refractivity contribution is -0.123. The highest BCUT2D eigenvalue weighted by Gasteiger charge is 2.22. The fraction of sp³-hybridized carbons (Fsp3) is 0.462. The SMILES string of the molecule is CC(=O)Cc1ccncc1NC(=O)C(C)(C)C. The maximum Gasteiger partial charge on any atom is 0.229 e. The molecule has 0 atom stereocenters. The molecule has 92 valence electrons. The second kappa shape index (κ2) is 5.08. The van der Waals surface area contributed by atoms with Gasteiger partial charge in [-0.15, -0.1) is 0 Å². The quantitative estimate of drug-likeness (QED) is 0.872. The first-order valence-corrected chi connectivity index (χ1v) is 5.54. The molecule has 0 unspecified atom stereocenters. The maximum atomic E-state index is 11.8. The van der Waals surface area contributed by atoms with Crippen LogP contribution in [0.25, 0.3) is 0 Å². The third-order valence-corrected chi connectivity index (χ3v) is 2.28. The zero-order valence-electron chi connectivity index (χ0n) is 10.7. The van der Waals surface area contributed by atoms with Gasteiger partial charge in [-0.25, -0.2) is 0 Å². The van der Waals surface area contributed by atoms with E-state index < -0.39 is 5.41 Å². The number of aromatic nitrogens is 1. The van der Waals surface area contributed by atoms with Crippen LogP contribution in [0.4, 0.5) is 5.69 Å². The van der Waals surface area contributed by atoms with Gasteiger partial charge in [0.1, 0.15) is 5.78 Å². The van der Waals surface area contributed by atoms with Crippen molar-refractivity contribution in [2.75, 3.05) is 5.32 Å². The van der Waals surface area contributed by atoms with E-state index in [-0.39, 0.29) is 11.7 Å². The number of hydrogen-bond donors (Lipinski definition) is 1. The first kappa shape index (κ1) is 13.4. The highest BCUT2D eigenvalue weighted by molar-refractivity contribution is 5.95. The summed E-state index contributed by atoms with van der Waals surface area (Å²) in [6, 6.07) is 1.75. The molecule has 17 heavy (non-hydrogen) atoms. The molecule has 0 radical (unpaired) electrons. The lowest BCUT2D eigenvalue weighted by Crippen LogP contribution is -2.28. The average molecular weight is 234 g/mol. The van der Waals surface area contributed by atoms with Gasteiger partial charge in [-0.2, -0.15) is 0 Å². The first-order chi connectivity index (χ1) is 7.80. The van der Waals surface area contributed by atoms with Crippen LogP contribution in [-0.2, 0) is 16.0 Å².